The summed E-state index contributed by atoms with van der Waals surface area (Å²) in [6.45, 7) is 10.5. The van der Waals surface area contributed by atoms with Gasteiger partial charge in [-0.15, -0.1) is 0 Å². The summed E-state index contributed by atoms with van der Waals surface area (Å²) in [5.41, 5.74) is 0.740. The lowest BCUT2D eigenvalue weighted by atomic mass is 10.2. The fourth-order valence-corrected chi connectivity index (χ4v) is 5.50. The lowest BCUT2D eigenvalue weighted by Crippen LogP contribution is -2.45. The molecule has 0 spiro atoms. The highest BCUT2D eigenvalue weighted by molar-refractivity contribution is 6.60. The molecule has 0 atom stereocenters. The summed E-state index contributed by atoms with van der Waals surface area (Å²) in [6.07, 6.45) is 4.31. The van der Waals surface area contributed by atoms with Gasteiger partial charge >= 0.3 is 14.8 Å². The van der Waals surface area contributed by atoms with Crippen molar-refractivity contribution in [2.24, 2.45) is 0 Å². The third-order valence-corrected chi connectivity index (χ3v) is 7.07. The second-order valence-electron chi connectivity index (χ2n) is 6.10. The molecule has 0 aliphatic rings. The monoisotopic (exact) mass is 426 g/mol. The molecule has 1 N–H and O–H groups in total. The van der Waals surface area contributed by atoms with Crippen LogP contribution in [0.4, 0.5) is 0 Å². The van der Waals surface area contributed by atoms with Gasteiger partial charge in [-0.05, 0) is 64.3 Å². The zero-order valence-electron chi connectivity index (χ0n) is 17.9. The van der Waals surface area contributed by atoms with Gasteiger partial charge in [0.05, 0.1) is 13.2 Å². The van der Waals surface area contributed by atoms with E-state index in [9.17, 15) is 4.79 Å². The molecule has 1 aromatic carbocycles. The van der Waals surface area contributed by atoms with E-state index in [2.05, 4.69) is 0 Å². The standard InChI is InChI=1S/C21H34O7Si/c1-5-24-20-17-18(12-14-21(22)23)11-13-19(20)25-15-9-10-16-29(26-6-2,27-7-3)28-8-4/h11-14,17H,5-10,15-16H2,1-4H3,(H,22,23)/b14-12+. The Hall–Kier alpha value is -1.87. The summed E-state index contributed by atoms with van der Waals surface area (Å²) < 4.78 is 29.1. The van der Waals surface area contributed by atoms with Crippen molar-refractivity contribution < 1.29 is 32.7 Å². The van der Waals surface area contributed by atoms with E-state index in [0.29, 0.717) is 44.5 Å². The number of benzene rings is 1. The van der Waals surface area contributed by atoms with Crippen LogP contribution >= 0.6 is 0 Å². The van der Waals surface area contributed by atoms with E-state index in [1.54, 1.807) is 18.2 Å². The molecule has 0 unspecified atom stereocenters. The van der Waals surface area contributed by atoms with Gasteiger partial charge < -0.3 is 27.9 Å². The Labute approximate surface area is 174 Å². The van der Waals surface area contributed by atoms with Crippen molar-refractivity contribution >= 4 is 20.8 Å². The lowest BCUT2D eigenvalue weighted by Gasteiger charge is -2.28. The van der Waals surface area contributed by atoms with Gasteiger partial charge in [-0.25, -0.2) is 4.79 Å². The molecular formula is C21H34O7Si. The van der Waals surface area contributed by atoms with E-state index in [4.69, 9.17) is 27.9 Å². The fourth-order valence-electron chi connectivity index (χ4n) is 2.81. The van der Waals surface area contributed by atoms with Crippen LogP contribution in [0.5, 0.6) is 11.5 Å². The van der Waals surface area contributed by atoms with Gasteiger partial charge in [-0.3, -0.25) is 0 Å². The highest BCUT2D eigenvalue weighted by Crippen LogP contribution is 2.29. The Morgan fingerprint density at radius 2 is 1.59 bits per heavy atom. The van der Waals surface area contributed by atoms with Gasteiger partial charge in [-0.1, -0.05) is 6.07 Å². The molecule has 0 aromatic heterocycles. The molecule has 0 saturated carbocycles. The van der Waals surface area contributed by atoms with Crippen LogP contribution < -0.4 is 9.47 Å². The number of aliphatic carboxylic acids is 1. The molecule has 7 nitrogen and oxygen atoms in total. The van der Waals surface area contributed by atoms with Crippen LogP contribution in [0.1, 0.15) is 46.1 Å². The van der Waals surface area contributed by atoms with Crippen LogP contribution in [0.2, 0.25) is 6.04 Å². The minimum Gasteiger partial charge on any atom is -0.490 e. The summed E-state index contributed by atoms with van der Waals surface area (Å²) in [5.74, 6) is 0.248. The second-order valence-corrected chi connectivity index (χ2v) is 8.83. The zero-order valence-corrected chi connectivity index (χ0v) is 18.9. The van der Waals surface area contributed by atoms with Gasteiger partial charge in [0.15, 0.2) is 11.5 Å². The van der Waals surface area contributed by atoms with Crippen LogP contribution in [0.3, 0.4) is 0 Å². The minimum absolute atomic E-state index is 0.494. The Bertz CT molecular complexity index is 616. The van der Waals surface area contributed by atoms with Crippen molar-refractivity contribution in [3.63, 3.8) is 0 Å². The van der Waals surface area contributed by atoms with Gasteiger partial charge in [0.1, 0.15) is 0 Å². The number of hydrogen-bond acceptors (Lipinski definition) is 6. The topological polar surface area (TPSA) is 83.5 Å². The normalized spacial score (nSPS) is 11.7. The summed E-state index contributed by atoms with van der Waals surface area (Å²) in [4.78, 5) is 10.7. The highest BCUT2D eigenvalue weighted by atomic mass is 28.4. The number of hydrogen-bond donors (Lipinski definition) is 1. The lowest BCUT2D eigenvalue weighted by molar-refractivity contribution is -0.131. The summed E-state index contributed by atoms with van der Waals surface area (Å²) >= 11 is 0. The first-order valence-corrected chi connectivity index (χ1v) is 12.2. The van der Waals surface area contributed by atoms with E-state index in [0.717, 1.165) is 30.5 Å². The maximum atomic E-state index is 10.7. The first-order chi connectivity index (χ1) is 14.0. The number of unbranched alkanes of at least 4 members (excludes halogenated alkanes) is 1. The highest BCUT2D eigenvalue weighted by Gasteiger charge is 2.39. The number of carboxylic acid groups (broad SMARTS) is 1. The van der Waals surface area contributed by atoms with E-state index < -0.39 is 14.8 Å². The van der Waals surface area contributed by atoms with Gasteiger partial charge in [-0.2, -0.15) is 0 Å². The molecule has 0 heterocycles. The molecule has 164 valence electrons. The molecule has 0 bridgehead atoms. The predicted octanol–water partition coefficient (Wildman–Crippen LogP) is 4.39. The molecule has 8 heteroatoms. The smallest absolute Gasteiger partial charge is 0.490 e. The van der Waals surface area contributed by atoms with Gasteiger partial charge in [0.2, 0.25) is 0 Å². The first kappa shape index (κ1) is 25.2. The Kier molecular flexibility index (Phi) is 12.3. The SMILES string of the molecule is CCOc1cc(/C=C/C(=O)O)ccc1OCCCC[Si](OCC)(OCC)OCC. The van der Waals surface area contributed by atoms with Crippen LogP contribution in [-0.2, 0) is 18.1 Å². The molecule has 1 aromatic rings. The Balaban J connectivity index is 2.62. The van der Waals surface area contributed by atoms with Crippen molar-refractivity contribution in [1.82, 2.24) is 0 Å². The molecule has 29 heavy (non-hydrogen) atoms. The molecule has 1 rings (SSSR count). The van der Waals surface area contributed by atoms with E-state index in [-0.39, 0.29) is 0 Å². The van der Waals surface area contributed by atoms with E-state index >= 15 is 0 Å². The Morgan fingerprint density at radius 1 is 0.931 bits per heavy atom. The molecule has 0 aliphatic carbocycles. The van der Waals surface area contributed by atoms with Crippen molar-refractivity contribution in [3.05, 3.63) is 29.8 Å². The van der Waals surface area contributed by atoms with Crippen molar-refractivity contribution in [2.75, 3.05) is 33.0 Å². The van der Waals surface area contributed by atoms with Crippen LogP contribution in [0, 0.1) is 0 Å². The van der Waals surface area contributed by atoms with Crippen molar-refractivity contribution in [1.29, 1.82) is 0 Å². The van der Waals surface area contributed by atoms with E-state index in [1.807, 2.05) is 27.7 Å². The second kappa shape index (κ2) is 14.2. The van der Waals surface area contributed by atoms with E-state index in [1.165, 1.54) is 6.08 Å². The molecule has 0 aliphatic heterocycles. The molecular weight excluding hydrogens is 392 g/mol. The first-order valence-electron chi connectivity index (χ1n) is 10.2. The average Bonchev–Trinajstić information content (AvgIpc) is 2.68. The Morgan fingerprint density at radius 3 is 2.14 bits per heavy atom. The molecule has 0 amide bonds. The molecule has 0 fully saturated rings. The quantitative estimate of drug-likeness (QED) is 0.238. The number of carbonyl (C=O) groups is 1. The third kappa shape index (κ3) is 9.45. The summed E-state index contributed by atoms with van der Waals surface area (Å²) in [7, 11) is -2.61. The number of carboxylic acids is 1. The van der Waals surface area contributed by atoms with Gasteiger partial charge in [0.25, 0.3) is 0 Å². The predicted molar refractivity (Wildman–Crippen MR) is 114 cm³/mol. The van der Waals surface area contributed by atoms with Crippen molar-refractivity contribution in [2.45, 2.75) is 46.6 Å². The summed E-state index contributed by atoms with van der Waals surface area (Å²) in [5, 5.41) is 8.76. The van der Waals surface area contributed by atoms with Crippen molar-refractivity contribution in [3.8, 4) is 11.5 Å². The maximum absolute atomic E-state index is 10.7. The number of rotatable bonds is 16. The molecule has 0 saturated heterocycles. The van der Waals surface area contributed by atoms with Gasteiger partial charge in [0, 0.05) is 31.9 Å². The minimum atomic E-state index is -2.61. The maximum Gasteiger partial charge on any atom is 0.500 e. The van der Waals surface area contributed by atoms with Crippen LogP contribution in [-0.4, -0.2) is 52.9 Å². The molecule has 0 radical (unpaired) electrons. The fraction of sp³-hybridized carbons (Fsp3) is 0.571. The average molecular weight is 427 g/mol. The largest absolute Gasteiger partial charge is 0.500 e. The summed E-state index contributed by atoms with van der Waals surface area (Å²) in [6, 6.07) is 6.12. The van der Waals surface area contributed by atoms with Crippen LogP contribution in [0.25, 0.3) is 6.08 Å². The third-order valence-electron chi connectivity index (χ3n) is 3.91. The van der Waals surface area contributed by atoms with Crippen LogP contribution in [0.15, 0.2) is 24.3 Å². The zero-order chi connectivity index (χ0) is 21.5. The number of ether oxygens (including phenoxy) is 2.